The zero-order valence-electron chi connectivity index (χ0n) is 8.36. The molecule has 1 aromatic rings. The molecule has 1 N–H and O–H groups in total. The number of aryl methyl sites for hydroxylation is 1. The Bertz CT molecular complexity index is 328. The third-order valence-corrected chi connectivity index (χ3v) is 3.49. The molecule has 76 valence electrons. The molecule has 1 aromatic heterocycles. The SMILES string of the molecule is Cc1noc(C2CC3CCC2NC3)n1. The van der Waals surface area contributed by atoms with E-state index in [4.69, 9.17) is 4.52 Å². The Morgan fingerprint density at radius 3 is 2.86 bits per heavy atom. The van der Waals surface area contributed by atoms with Gasteiger partial charge >= 0.3 is 0 Å². The van der Waals surface area contributed by atoms with Gasteiger partial charge in [0.2, 0.25) is 5.89 Å². The molecule has 2 aliphatic heterocycles. The van der Waals surface area contributed by atoms with Crippen LogP contribution in [0.4, 0.5) is 0 Å². The van der Waals surface area contributed by atoms with E-state index >= 15 is 0 Å². The van der Waals surface area contributed by atoms with Gasteiger partial charge in [-0.3, -0.25) is 0 Å². The third-order valence-electron chi connectivity index (χ3n) is 3.49. The Balaban J connectivity index is 1.85. The molecule has 4 nitrogen and oxygen atoms in total. The standard InChI is InChI=1S/C10H15N3O/c1-6-12-10(14-13-6)8-4-7-2-3-9(8)11-5-7/h7-9,11H,2-5H2,1H3. The molecule has 3 heterocycles. The number of hydrogen-bond acceptors (Lipinski definition) is 4. The first-order chi connectivity index (χ1) is 6.83. The van der Waals surface area contributed by atoms with Gasteiger partial charge in [-0.2, -0.15) is 4.98 Å². The Labute approximate surface area is 83.1 Å². The summed E-state index contributed by atoms with van der Waals surface area (Å²) in [5, 5.41) is 7.41. The van der Waals surface area contributed by atoms with E-state index in [0.717, 1.165) is 17.6 Å². The van der Waals surface area contributed by atoms with Crippen LogP contribution < -0.4 is 5.32 Å². The molecule has 0 radical (unpaired) electrons. The van der Waals surface area contributed by atoms with Crippen molar-refractivity contribution in [1.29, 1.82) is 0 Å². The quantitative estimate of drug-likeness (QED) is 0.729. The van der Waals surface area contributed by atoms with Crippen molar-refractivity contribution in [2.75, 3.05) is 6.54 Å². The van der Waals surface area contributed by atoms with Crippen LogP contribution in [-0.4, -0.2) is 22.7 Å². The van der Waals surface area contributed by atoms with Gasteiger partial charge in [0, 0.05) is 6.04 Å². The van der Waals surface area contributed by atoms with Gasteiger partial charge in [0.1, 0.15) is 0 Å². The monoisotopic (exact) mass is 193 g/mol. The maximum Gasteiger partial charge on any atom is 0.231 e. The van der Waals surface area contributed by atoms with Crippen LogP contribution >= 0.6 is 0 Å². The Kier molecular flexibility index (Phi) is 1.83. The summed E-state index contributed by atoms with van der Waals surface area (Å²) in [6.45, 7) is 3.05. The van der Waals surface area contributed by atoms with E-state index in [1.807, 2.05) is 6.92 Å². The Morgan fingerprint density at radius 2 is 2.36 bits per heavy atom. The van der Waals surface area contributed by atoms with Gasteiger partial charge in [-0.1, -0.05) is 5.16 Å². The van der Waals surface area contributed by atoms with Crippen LogP contribution in [0.2, 0.25) is 0 Å². The lowest BCUT2D eigenvalue weighted by Gasteiger charge is -2.41. The first kappa shape index (κ1) is 8.41. The van der Waals surface area contributed by atoms with E-state index in [9.17, 15) is 0 Å². The second-order valence-electron chi connectivity index (χ2n) is 4.48. The van der Waals surface area contributed by atoms with E-state index in [1.165, 1.54) is 25.8 Å². The molecule has 0 amide bonds. The molecular weight excluding hydrogens is 178 g/mol. The highest BCUT2D eigenvalue weighted by Crippen LogP contribution is 2.39. The highest BCUT2D eigenvalue weighted by molar-refractivity contribution is 5.05. The highest BCUT2D eigenvalue weighted by atomic mass is 16.5. The van der Waals surface area contributed by atoms with Gasteiger partial charge in [-0.05, 0) is 38.6 Å². The normalized spacial score (nSPS) is 36.2. The van der Waals surface area contributed by atoms with Crippen LogP contribution in [-0.2, 0) is 0 Å². The maximum atomic E-state index is 5.26. The molecule has 2 saturated heterocycles. The van der Waals surface area contributed by atoms with E-state index in [-0.39, 0.29) is 0 Å². The topological polar surface area (TPSA) is 51.0 Å². The van der Waals surface area contributed by atoms with Gasteiger partial charge in [0.25, 0.3) is 0 Å². The van der Waals surface area contributed by atoms with Gasteiger partial charge in [-0.15, -0.1) is 0 Å². The van der Waals surface area contributed by atoms with Crippen molar-refractivity contribution in [1.82, 2.24) is 15.5 Å². The van der Waals surface area contributed by atoms with Crippen LogP contribution in [0.25, 0.3) is 0 Å². The van der Waals surface area contributed by atoms with Crippen molar-refractivity contribution in [3.05, 3.63) is 11.7 Å². The minimum atomic E-state index is 0.462. The molecule has 3 fully saturated rings. The summed E-state index contributed by atoms with van der Waals surface area (Å²) in [5.74, 6) is 2.87. The fourth-order valence-electron chi connectivity index (χ4n) is 2.74. The van der Waals surface area contributed by atoms with Crippen molar-refractivity contribution in [3.63, 3.8) is 0 Å². The molecule has 1 aliphatic carbocycles. The predicted octanol–water partition coefficient (Wildman–Crippen LogP) is 1.23. The summed E-state index contributed by atoms with van der Waals surface area (Å²) in [5.41, 5.74) is 0. The minimum absolute atomic E-state index is 0.462. The van der Waals surface area contributed by atoms with Crippen molar-refractivity contribution < 1.29 is 4.52 Å². The van der Waals surface area contributed by atoms with E-state index in [1.54, 1.807) is 0 Å². The molecule has 14 heavy (non-hydrogen) atoms. The maximum absolute atomic E-state index is 5.26. The molecule has 0 spiro atoms. The fraction of sp³-hybridized carbons (Fsp3) is 0.800. The zero-order valence-corrected chi connectivity index (χ0v) is 8.36. The van der Waals surface area contributed by atoms with Crippen LogP contribution in [0, 0.1) is 12.8 Å². The number of hydrogen-bond donors (Lipinski definition) is 1. The number of nitrogens with one attached hydrogen (secondary N) is 1. The summed E-state index contributed by atoms with van der Waals surface area (Å²) >= 11 is 0. The lowest BCUT2D eigenvalue weighted by Crippen LogP contribution is -2.49. The van der Waals surface area contributed by atoms with E-state index < -0.39 is 0 Å². The summed E-state index contributed by atoms with van der Waals surface area (Å²) < 4.78 is 5.26. The number of piperidine rings is 2. The number of fused-ring (bicyclic) bond motifs is 3. The average Bonchev–Trinajstić information content (AvgIpc) is 2.66. The summed E-state index contributed by atoms with van der Waals surface area (Å²) in [6.07, 6.45) is 3.84. The van der Waals surface area contributed by atoms with Crippen molar-refractivity contribution >= 4 is 0 Å². The van der Waals surface area contributed by atoms with E-state index in [0.29, 0.717) is 12.0 Å². The first-order valence-corrected chi connectivity index (χ1v) is 5.36. The number of aromatic nitrogens is 2. The molecule has 3 aliphatic rings. The summed E-state index contributed by atoms with van der Waals surface area (Å²) in [4.78, 5) is 4.34. The summed E-state index contributed by atoms with van der Waals surface area (Å²) in [6, 6.07) is 0.569. The van der Waals surface area contributed by atoms with Crippen molar-refractivity contribution in [2.45, 2.75) is 38.1 Å². The van der Waals surface area contributed by atoms with Crippen molar-refractivity contribution in [2.24, 2.45) is 5.92 Å². The highest BCUT2D eigenvalue weighted by Gasteiger charge is 2.38. The van der Waals surface area contributed by atoms with Gasteiger partial charge in [0.05, 0.1) is 5.92 Å². The van der Waals surface area contributed by atoms with Crippen molar-refractivity contribution in [3.8, 4) is 0 Å². The Hall–Kier alpha value is -0.900. The molecule has 3 unspecified atom stereocenters. The molecule has 3 atom stereocenters. The molecule has 4 rings (SSSR count). The first-order valence-electron chi connectivity index (χ1n) is 5.36. The van der Waals surface area contributed by atoms with Gasteiger partial charge < -0.3 is 9.84 Å². The Morgan fingerprint density at radius 1 is 1.43 bits per heavy atom. The van der Waals surface area contributed by atoms with Crippen LogP contribution in [0.15, 0.2) is 4.52 Å². The van der Waals surface area contributed by atoms with Gasteiger partial charge in [0.15, 0.2) is 5.82 Å². The molecule has 2 bridgehead atoms. The lowest BCUT2D eigenvalue weighted by atomic mass is 9.74. The number of nitrogens with zero attached hydrogens (tertiary/aromatic N) is 2. The molecule has 4 heteroatoms. The third kappa shape index (κ3) is 1.25. The van der Waals surface area contributed by atoms with E-state index in [2.05, 4.69) is 15.5 Å². The largest absolute Gasteiger partial charge is 0.339 e. The fourth-order valence-corrected chi connectivity index (χ4v) is 2.74. The molecule has 1 saturated carbocycles. The number of rotatable bonds is 1. The lowest BCUT2D eigenvalue weighted by molar-refractivity contribution is 0.158. The summed E-state index contributed by atoms with van der Waals surface area (Å²) in [7, 11) is 0. The smallest absolute Gasteiger partial charge is 0.231 e. The second kappa shape index (κ2) is 3.05. The molecule has 0 aromatic carbocycles. The predicted molar refractivity (Wildman–Crippen MR) is 50.9 cm³/mol. The minimum Gasteiger partial charge on any atom is -0.339 e. The second-order valence-corrected chi connectivity index (χ2v) is 4.48. The zero-order chi connectivity index (χ0) is 9.54. The van der Waals surface area contributed by atoms with Crippen LogP contribution in [0.3, 0.4) is 0 Å². The van der Waals surface area contributed by atoms with Gasteiger partial charge in [-0.25, -0.2) is 0 Å². The average molecular weight is 193 g/mol. The van der Waals surface area contributed by atoms with Crippen LogP contribution in [0.5, 0.6) is 0 Å². The molecular formula is C10H15N3O. The van der Waals surface area contributed by atoms with Crippen LogP contribution in [0.1, 0.15) is 36.9 Å².